The predicted molar refractivity (Wildman–Crippen MR) is 121 cm³/mol. The number of halogens is 3. The Balaban J connectivity index is 0.000000364. The van der Waals surface area contributed by atoms with Gasteiger partial charge in [0, 0.05) is 24.3 Å². The van der Waals surface area contributed by atoms with Gasteiger partial charge in [0.05, 0.1) is 30.3 Å². The third kappa shape index (κ3) is 6.02. The average molecular weight is 513 g/mol. The van der Waals surface area contributed by atoms with Crippen molar-refractivity contribution in [2.75, 3.05) is 26.3 Å². The van der Waals surface area contributed by atoms with Gasteiger partial charge in [-0.25, -0.2) is 4.79 Å². The van der Waals surface area contributed by atoms with Crippen molar-refractivity contribution in [3.63, 3.8) is 0 Å². The fraction of sp³-hybridized carbons (Fsp3) is 0.542. The molecule has 1 N–H and O–H groups in total. The molecule has 1 atom stereocenters. The quantitative estimate of drug-likeness (QED) is 0.587. The lowest BCUT2D eigenvalue weighted by Crippen LogP contribution is -2.66. The molecule has 4 heterocycles. The first-order chi connectivity index (χ1) is 16.7. The highest BCUT2D eigenvalue weighted by atomic mass is 32.1. The lowest BCUT2D eigenvalue weighted by atomic mass is 9.79. The molecule has 2 aromatic rings. The van der Waals surface area contributed by atoms with Crippen molar-refractivity contribution >= 4 is 23.2 Å². The molecular formula is C24H27F3N2O5S. The lowest BCUT2D eigenvalue weighted by molar-refractivity contribution is -0.192. The number of pyridine rings is 1. The predicted octanol–water partition coefficient (Wildman–Crippen LogP) is 4.10. The zero-order valence-corrected chi connectivity index (χ0v) is 19.9. The lowest BCUT2D eigenvalue weighted by Gasteiger charge is -2.50. The number of carboxylic acid groups (broad SMARTS) is 1. The van der Waals surface area contributed by atoms with E-state index >= 15 is 0 Å². The number of aliphatic carboxylic acids is 1. The molecule has 3 aliphatic rings. The van der Waals surface area contributed by atoms with E-state index in [0.717, 1.165) is 56.0 Å². The average Bonchev–Trinajstić information content (AvgIpc) is 3.50. The summed E-state index contributed by atoms with van der Waals surface area (Å²) in [5, 5.41) is 7.12. The number of thiophene rings is 1. The molecule has 1 amide bonds. The van der Waals surface area contributed by atoms with Crippen molar-refractivity contribution in [1.82, 2.24) is 9.88 Å². The van der Waals surface area contributed by atoms with Crippen LogP contribution in [0.5, 0.6) is 0 Å². The van der Waals surface area contributed by atoms with Crippen LogP contribution < -0.4 is 0 Å². The van der Waals surface area contributed by atoms with Gasteiger partial charge in [-0.05, 0) is 61.8 Å². The van der Waals surface area contributed by atoms with Crippen LogP contribution in [0.2, 0.25) is 0 Å². The largest absolute Gasteiger partial charge is 0.490 e. The number of rotatable bonds is 6. The molecular weight excluding hydrogens is 485 g/mol. The third-order valence-corrected chi connectivity index (χ3v) is 7.82. The molecule has 0 saturated carbocycles. The van der Waals surface area contributed by atoms with Crippen LogP contribution in [0.1, 0.15) is 45.1 Å². The fourth-order valence-electron chi connectivity index (χ4n) is 4.76. The number of hydrogen-bond donors (Lipinski definition) is 1. The summed E-state index contributed by atoms with van der Waals surface area (Å²) in [5.41, 5.74) is 2.20. The number of alkyl halides is 3. The number of likely N-dealkylation sites (tertiary alicyclic amines) is 1. The summed E-state index contributed by atoms with van der Waals surface area (Å²) < 4.78 is 43.7. The molecule has 1 unspecified atom stereocenters. The maximum absolute atomic E-state index is 12.8. The Morgan fingerprint density at radius 1 is 1.29 bits per heavy atom. The molecule has 190 valence electrons. The number of nitrogens with zero attached hydrogens (tertiary/aromatic N) is 2. The Kier molecular flexibility index (Phi) is 7.77. The summed E-state index contributed by atoms with van der Waals surface area (Å²) in [5.74, 6) is -2.10. The van der Waals surface area contributed by atoms with Gasteiger partial charge in [-0.3, -0.25) is 9.78 Å². The van der Waals surface area contributed by atoms with Crippen molar-refractivity contribution in [3.05, 3.63) is 51.5 Å². The van der Waals surface area contributed by atoms with Crippen LogP contribution >= 0.6 is 11.3 Å². The molecule has 2 aromatic heterocycles. The summed E-state index contributed by atoms with van der Waals surface area (Å²) in [4.78, 5) is 30.3. The molecule has 0 aromatic carbocycles. The Labute approximate surface area is 204 Å². The van der Waals surface area contributed by atoms with Crippen molar-refractivity contribution in [3.8, 4) is 0 Å². The van der Waals surface area contributed by atoms with Gasteiger partial charge in [0.15, 0.2) is 0 Å². The number of ether oxygens (including phenoxy) is 2. The highest BCUT2D eigenvalue weighted by Gasteiger charge is 2.54. The maximum Gasteiger partial charge on any atom is 0.490 e. The van der Waals surface area contributed by atoms with Crippen molar-refractivity contribution < 1.29 is 37.3 Å². The van der Waals surface area contributed by atoms with Crippen molar-refractivity contribution in [2.24, 2.45) is 5.92 Å². The van der Waals surface area contributed by atoms with Gasteiger partial charge in [0.2, 0.25) is 0 Å². The molecule has 0 radical (unpaired) electrons. The molecule has 5 rings (SSSR count). The van der Waals surface area contributed by atoms with Crippen LogP contribution in [-0.2, 0) is 33.7 Å². The van der Waals surface area contributed by atoms with E-state index in [0.29, 0.717) is 19.1 Å². The van der Waals surface area contributed by atoms with E-state index in [1.807, 2.05) is 23.1 Å². The SMILES string of the molecule is O=C(O)C(F)(F)F.O=C(c1cc2c(s1)CCC2)N1CC2(C1)OCCC2CCOCc1ccccn1. The monoisotopic (exact) mass is 512 g/mol. The van der Waals surface area contributed by atoms with E-state index in [-0.39, 0.29) is 11.5 Å². The second kappa shape index (κ2) is 10.6. The van der Waals surface area contributed by atoms with Gasteiger partial charge >= 0.3 is 12.1 Å². The number of carbonyl (C=O) groups excluding carboxylic acids is 1. The minimum atomic E-state index is -5.08. The van der Waals surface area contributed by atoms with Crippen LogP contribution in [0.3, 0.4) is 0 Å². The van der Waals surface area contributed by atoms with Gasteiger partial charge in [0.25, 0.3) is 5.91 Å². The van der Waals surface area contributed by atoms with Crippen molar-refractivity contribution in [1.29, 1.82) is 0 Å². The molecule has 1 aliphatic carbocycles. The highest BCUT2D eigenvalue weighted by Crippen LogP contribution is 2.43. The number of carbonyl (C=O) groups is 2. The summed E-state index contributed by atoms with van der Waals surface area (Å²) in [6.07, 6.45) is 2.25. The molecule has 1 spiro atoms. The molecule has 0 bridgehead atoms. The van der Waals surface area contributed by atoms with Gasteiger partial charge in [-0.15, -0.1) is 11.3 Å². The highest BCUT2D eigenvalue weighted by molar-refractivity contribution is 7.14. The fourth-order valence-corrected chi connectivity index (χ4v) is 5.98. The number of carboxylic acids is 1. The topological polar surface area (TPSA) is 89.0 Å². The number of fused-ring (bicyclic) bond motifs is 1. The molecule has 2 fully saturated rings. The Morgan fingerprint density at radius 3 is 2.71 bits per heavy atom. The Hall–Kier alpha value is -2.50. The van der Waals surface area contributed by atoms with Crippen LogP contribution in [0.15, 0.2) is 30.5 Å². The first kappa shape index (κ1) is 25.6. The van der Waals surface area contributed by atoms with Gasteiger partial charge < -0.3 is 19.5 Å². The zero-order chi connectivity index (χ0) is 25.1. The standard InChI is InChI=1S/C22H26N2O3S.C2HF3O2/c25-21(20-12-16-4-3-6-19(16)28-20)24-14-22(15-24)17(8-11-27-22)7-10-26-13-18-5-1-2-9-23-18;3-2(4,5)1(6)7/h1-2,5,9,12,17H,3-4,6-8,10-11,13-15H2;(H,6,7). The summed E-state index contributed by atoms with van der Waals surface area (Å²) in [6.45, 7) is 3.49. The normalized spacial score (nSPS) is 20.2. The van der Waals surface area contributed by atoms with Gasteiger partial charge in [0.1, 0.15) is 5.60 Å². The molecule has 7 nitrogen and oxygen atoms in total. The van der Waals surface area contributed by atoms with E-state index < -0.39 is 12.1 Å². The summed E-state index contributed by atoms with van der Waals surface area (Å²) in [7, 11) is 0. The summed E-state index contributed by atoms with van der Waals surface area (Å²) in [6, 6.07) is 8.00. The first-order valence-electron chi connectivity index (χ1n) is 11.5. The molecule has 11 heteroatoms. The van der Waals surface area contributed by atoms with Crippen LogP contribution in [0.4, 0.5) is 13.2 Å². The second-order valence-electron chi connectivity index (χ2n) is 8.94. The Morgan fingerprint density at radius 2 is 2.06 bits per heavy atom. The van der Waals surface area contributed by atoms with E-state index in [4.69, 9.17) is 19.4 Å². The number of aromatic nitrogens is 1. The minimum Gasteiger partial charge on any atom is -0.475 e. The van der Waals surface area contributed by atoms with E-state index in [9.17, 15) is 18.0 Å². The molecule has 35 heavy (non-hydrogen) atoms. The third-order valence-electron chi connectivity index (χ3n) is 6.59. The maximum atomic E-state index is 12.8. The van der Waals surface area contributed by atoms with Gasteiger partial charge in [-0.2, -0.15) is 13.2 Å². The summed E-state index contributed by atoms with van der Waals surface area (Å²) >= 11 is 1.70. The second-order valence-corrected chi connectivity index (χ2v) is 10.1. The zero-order valence-electron chi connectivity index (χ0n) is 19.1. The van der Waals surface area contributed by atoms with Crippen LogP contribution in [-0.4, -0.2) is 64.9 Å². The number of hydrogen-bond acceptors (Lipinski definition) is 6. The van der Waals surface area contributed by atoms with Crippen molar-refractivity contribution in [2.45, 2.75) is 50.5 Å². The van der Waals surface area contributed by atoms with Crippen LogP contribution in [0.25, 0.3) is 0 Å². The van der Waals surface area contributed by atoms with E-state index in [1.54, 1.807) is 17.5 Å². The van der Waals surface area contributed by atoms with E-state index in [1.165, 1.54) is 16.9 Å². The van der Waals surface area contributed by atoms with E-state index in [2.05, 4.69) is 11.1 Å². The first-order valence-corrected chi connectivity index (χ1v) is 12.3. The Bertz CT molecular complexity index is 1020. The van der Waals surface area contributed by atoms with Crippen LogP contribution in [0, 0.1) is 5.92 Å². The number of aryl methyl sites for hydroxylation is 2. The number of amides is 1. The molecule has 2 aliphatic heterocycles. The smallest absolute Gasteiger partial charge is 0.475 e. The minimum absolute atomic E-state index is 0.149. The van der Waals surface area contributed by atoms with Gasteiger partial charge in [-0.1, -0.05) is 6.07 Å². The molecule has 2 saturated heterocycles.